The van der Waals surface area contributed by atoms with Crippen molar-refractivity contribution in [3.8, 4) is 0 Å². The number of nitrogens with two attached hydrogens (primary N) is 1. The summed E-state index contributed by atoms with van der Waals surface area (Å²) >= 11 is 0. The second-order valence-electron chi connectivity index (χ2n) is 5.30. The Morgan fingerprint density at radius 2 is 1.89 bits per heavy atom. The zero-order valence-electron chi connectivity index (χ0n) is 10.3. The van der Waals surface area contributed by atoms with Crippen LogP contribution in [0, 0.1) is 0 Å². The molecule has 2 bridgehead atoms. The van der Waals surface area contributed by atoms with Crippen molar-refractivity contribution >= 4 is 18.3 Å². The molecule has 1 amide bonds. The lowest BCUT2D eigenvalue weighted by Crippen LogP contribution is -2.37. The Hall–Kier alpha value is -1.06. The third kappa shape index (κ3) is 2.52. The van der Waals surface area contributed by atoms with Gasteiger partial charge in [-0.1, -0.05) is 12.1 Å². The van der Waals surface area contributed by atoms with Crippen molar-refractivity contribution in [2.24, 2.45) is 5.73 Å². The van der Waals surface area contributed by atoms with Crippen LogP contribution in [-0.4, -0.2) is 18.0 Å². The van der Waals surface area contributed by atoms with Gasteiger partial charge in [0.05, 0.1) is 0 Å². The summed E-state index contributed by atoms with van der Waals surface area (Å²) in [6.07, 6.45) is 4.99. The zero-order chi connectivity index (χ0) is 11.8. The van der Waals surface area contributed by atoms with E-state index in [-0.39, 0.29) is 18.3 Å². The van der Waals surface area contributed by atoms with Gasteiger partial charge in [-0.15, -0.1) is 12.4 Å². The van der Waals surface area contributed by atoms with Gasteiger partial charge in [-0.2, -0.15) is 0 Å². The van der Waals surface area contributed by atoms with Gasteiger partial charge in [-0.25, -0.2) is 0 Å². The molecular weight excluding hydrogens is 248 g/mol. The molecule has 3 N–H and O–H groups in total. The molecule has 2 saturated heterocycles. The van der Waals surface area contributed by atoms with Gasteiger partial charge in [0.15, 0.2) is 0 Å². The molecule has 1 aromatic carbocycles. The summed E-state index contributed by atoms with van der Waals surface area (Å²) in [6, 6.07) is 9.19. The molecule has 0 aliphatic carbocycles. The fourth-order valence-electron chi connectivity index (χ4n) is 3.28. The Kier molecular flexibility index (Phi) is 3.93. The number of benzene rings is 1. The third-order valence-electron chi connectivity index (χ3n) is 4.12. The maximum atomic E-state index is 11.2. The van der Waals surface area contributed by atoms with E-state index in [2.05, 4.69) is 11.4 Å². The molecule has 0 saturated carbocycles. The predicted molar refractivity (Wildman–Crippen MR) is 74.1 cm³/mol. The lowest BCUT2D eigenvalue weighted by molar-refractivity contribution is 0.1000. The maximum absolute atomic E-state index is 11.2. The van der Waals surface area contributed by atoms with Crippen molar-refractivity contribution in [1.82, 2.24) is 5.32 Å². The van der Waals surface area contributed by atoms with E-state index in [4.69, 9.17) is 5.73 Å². The molecule has 3 atom stereocenters. The van der Waals surface area contributed by atoms with Gasteiger partial charge < -0.3 is 11.1 Å². The third-order valence-corrected chi connectivity index (χ3v) is 4.12. The molecule has 2 aliphatic heterocycles. The molecule has 2 fully saturated rings. The summed E-state index contributed by atoms with van der Waals surface area (Å²) in [5, 5.41) is 3.64. The Bertz CT molecular complexity index is 437. The van der Waals surface area contributed by atoms with Gasteiger partial charge in [0.2, 0.25) is 5.91 Å². The maximum Gasteiger partial charge on any atom is 0.248 e. The first-order valence-electron chi connectivity index (χ1n) is 6.38. The first kappa shape index (κ1) is 13.4. The molecule has 4 heteroatoms. The minimum atomic E-state index is -0.330. The van der Waals surface area contributed by atoms with E-state index in [1.165, 1.54) is 31.2 Å². The number of primary amides is 1. The van der Waals surface area contributed by atoms with Crippen LogP contribution < -0.4 is 11.1 Å². The first-order valence-corrected chi connectivity index (χ1v) is 6.38. The van der Waals surface area contributed by atoms with Gasteiger partial charge in [0, 0.05) is 17.6 Å². The minimum absolute atomic E-state index is 0. The number of fused-ring (bicyclic) bond motifs is 2. The molecule has 2 heterocycles. The van der Waals surface area contributed by atoms with Crippen molar-refractivity contribution in [2.45, 2.75) is 43.7 Å². The van der Waals surface area contributed by atoms with Crippen LogP contribution >= 0.6 is 12.4 Å². The van der Waals surface area contributed by atoms with E-state index in [9.17, 15) is 4.79 Å². The molecule has 3 rings (SSSR count). The molecule has 0 unspecified atom stereocenters. The topological polar surface area (TPSA) is 55.1 Å². The van der Waals surface area contributed by atoms with Crippen LogP contribution in [0.25, 0.3) is 0 Å². The lowest BCUT2D eigenvalue weighted by atomic mass is 9.85. The normalized spacial score (nSPS) is 29.7. The van der Waals surface area contributed by atoms with Crippen LogP contribution in [0.15, 0.2) is 24.3 Å². The molecule has 18 heavy (non-hydrogen) atoms. The highest BCUT2D eigenvalue weighted by molar-refractivity contribution is 5.92. The van der Waals surface area contributed by atoms with Crippen molar-refractivity contribution in [1.29, 1.82) is 0 Å². The SMILES string of the molecule is Cl.NC(=O)c1cccc([C@H]2C[C@H]3CC[C@@H](C2)N3)c1. The zero-order valence-corrected chi connectivity index (χ0v) is 11.1. The summed E-state index contributed by atoms with van der Waals surface area (Å²) in [5.74, 6) is 0.261. The molecular formula is C14H19ClN2O. The number of amides is 1. The number of nitrogens with one attached hydrogen (secondary N) is 1. The monoisotopic (exact) mass is 266 g/mol. The first-order chi connectivity index (χ1) is 8.22. The largest absolute Gasteiger partial charge is 0.366 e. The van der Waals surface area contributed by atoms with E-state index >= 15 is 0 Å². The Labute approximate surface area is 114 Å². The lowest BCUT2D eigenvalue weighted by Gasteiger charge is -2.29. The summed E-state index contributed by atoms with van der Waals surface area (Å²) in [5.41, 5.74) is 7.24. The van der Waals surface area contributed by atoms with Crippen molar-refractivity contribution < 1.29 is 4.79 Å². The molecule has 1 aromatic rings. The van der Waals surface area contributed by atoms with Crippen LogP contribution in [0.3, 0.4) is 0 Å². The van der Waals surface area contributed by atoms with Crippen LogP contribution in [0.5, 0.6) is 0 Å². The molecule has 98 valence electrons. The number of halogens is 1. The second kappa shape index (κ2) is 5.29. The molecule has 0 radical (unpaired) electrons. The number of carbonyl (C=O) groups excluding carboxylic acids is 1. The minimum Gasteiger partial charge on any atom is -0.366 e. The van der Waals surface area contributed by atoms with E-state index in [0.717, 1.165) is 0 Å². The number of hydrogen-bond acceptors (Lipinski definition) is 2. The number of hydrogen-bond donors (Lipinski definition) is 2. The summed E-state index contributed by atoms with van der Waals surface area (Å²) in [4.78, 5) is 11.2. The highest BCUT2D eigenvalue weighted by Gasteiger charge is 2.33. The average molecular weight is 267 g/mol. The van der Waals surface area contributed by atoms with Crippen molar-refractivity contribution in [2.75, 3.05) is 0 Å². The smallest absolute Gasteiger partial charge is 0.248 e. The molecule has 2 aliphatic rings. The van der Waals surface area contributed by atoms with E-state index in [1.807, 2.05) is 12.1 Å². The highest BCUT2D eigenvalue weighted by atomic mass is 35.5. The summed E-state index contributed by atoms with van der Waals surface area (Å²) < 4.78 is 0. The summed E-state index contributed by atoms with van der Waals surface area (Å²) in [6.45, 7) is 0. The predicted octanol–water partition coefficient (Wildman–Crippen LogP) is 2.21. The number of carbonyl (C=O) groups is 1. The van der Waals surface area contributed by atoms with E-state index < -0.39 is 0 Å². The molecule has 0 aromatic heterocycles. The van der Waals surface area contributed by atoms with Crippen LogP contribution in [-0.2, 0) is 0 Å². The van der Waals surface area contributed by atoms with E-state index in [1.54, 1.807) is 6.07 Å². The fourth-order valence-corrected chi connectivity index (χ4v) is 3.28. The van der Waals surface area contributed by atoms with Crippen molar-refractivity contribution in [3.05, 3.63) is 35.4 Å². The van der Waals surface area contributed by atoms with Crippen LogP contribution in [0.1, 0.15) is 47.5 Å². The molecule has 3 nitrogen and oxygen atoms in total. The van der Waals surface area contributed by atoms with Gasteiger partial charge in [0.1, 0.15) is 0 Å². The standard InChI is InChI=1S/C14H18N2O.ClH/c15-14(17)10-3-1-2-9(6-10)11-7-12-4-5-13(8-11)16-12;/h1-3,6,11-13,16H,4-5,7-8H2,(H2,15,17);1H/t11-,12+,13-;. The number of piperidine rings is 1. The Morgan fingerprint density at radius 1 is 1.22 bits per heavy atom. The summed E-state index contributed by atoms with van der Waals surface area (Å²) in [7, 11) is 0. The highest BCUT2D eigenvalue weighted by Crippen LogP contribution is 2.37. The Balaban J connectivity index is 0.00000120. The van der Waals surface area contributed by atoms with Gasteiger partial charge in [-0.05, 0) is 49.3 Å². The van der Waals surface area contributed by atoms with Gasteiger partial charge in [-0.3, -0.25) is 4.79 Å². The quantitative estimate of drug-likeness (QED) is 0.862. The van der Waals surface area contributed by atoms with Crippen molar-refractivity contribution in [3.63, 3.8) is 0 Å². The average Bonchev–Trinajstić information content (AvgIpc) is 2.68. The number of rotatable bonds is 2. The Morgan fingerprint density at radius 3 is 2.50 bits per heavy atom. The molecule has 0 spiro atoms. The van der Waals surface area contributed by atoms with Crippen LogP contribution in [0.2, 0.25) is 0 Å². The second-order valence-corrected chi connectivity index (χ2v) is 5.30. The van der Waals surface area contributed by atoms with Gasteiger partial charge in [0.25, 0.3) is 0 Å². The van der Waals surface area contributed by atoms with Crippen LogP contribution in [0.4, 0.5) is 0 Å². The van der Waals surface area contributed by atoms with E-state index in [0.29, 0.717) is 23.6 Å². The van der Waals surface area contributed by atoms with Gasteiger partial charge >= 0.3 is 0 Å². The fraction of sp³-hybridized carbons (Fsp3) is 0.500.